The van der Waals surface area contributed by atoms with Crippen LogP contribution in [0, 0.1) is 17.6 Å². The van der Waals surface area contributed by atoms with Crippen molar-refractivity contribution in [1.29, 1.82) is 0 Å². The normalized spacial score (nSPS) is 19.4. The van der Waals surface area contributed by atoms with Crippen molar-refractivity contribution in [2.75, 3.05) is 31.1 Å². The van der Waals surface area contributed by atoms with E-state index in [1.807, 2.05) is 12.1 Å². The summed E-state index contributed by atoms with van der Waals surface area (Å²) in [7, 11) is 0. The summed E-state index contributed by atoms with van der Waals surface area (Å²) in [5.41, 5.74) is 1.11. The molecule has 1 saturated heterocycles. The molecule has 0 atom stereocenters. The van der Waals surface area contributed by atoms with E-state index in [0.29, 0.717) is 31.2 Å². The molecular formula is C27H31F2N3O5. The van der Waals surface area contributed by atoms with Crippen molar-refractivity contribution < 1.29 is 33.0 Å². The summed E-state index contributed by atoms with van der Waals surface area (Å²) in [4.78, 5) is 38.0. The van der Waals surface area contributed by atoms with Gasteiger partial charge in [-0.3, -0.25) is 14.4 Å². The molecule has 4 rings (SSSR count). The number of hydrogen-bond acceptors (Lipinski definition) is 5. The third-order valence-electron chi connectivity index (χ3n) is 6.91. The van der Waals surface area contributed by atoms with Crippen LogP contribution < -0.4 is 20.3 Å². The summed E-state index contributed by atoms with van der Waals surface area (Å²) in [6.07, 6.45) is 3.59. The fraction of sp³-hybridized carbons (Fsp3) is 0.444. The van der Waals surface area contributed by atoms with E-state index in [0.717, 1.165) is 24.8 Å². The first-order valence-corrected chi connectivity index (χ1v) is 12.6. The van der Waals surface area contributed by atoms with Crippen LogP contribution >= 0.6 is 0 Å². The lowest BCUT2D eigenvalue weighted by Crippen LogP contribution is -2.35. The predicted octanol–water partition coefficient (Wildman–Crippen LogP) is 3.75. The highest BCUT2D eigenvalue weighted by Crippen LogP contribution is 2.30. The Morgan fingerprint density at radius 1 is 0.865 bits per heavy atom. The fourth-order valence-corrected chi connectivity index (χ4v) is 4.75. The molecule has 2 aromatic rings. The molecule has 10 heteroatoms. The van der Waals surface area contributed by atoms with Gasteiger partial charge in [-0.05, 0) is 74.9 Å². The summed E-state index contributed by atoms with van der Waals surface area (Å²) in [6.45, 7) is 2.17. The molecule has 0 radical (unpaired) electrons. The molecule has 0 aromatic heterocycles. The minimum atomic E-state index is -1.32. The second-order valence-electron chi connectivity index (χ2n) is 9.42. The Morgan fingerprint density at radius 2 is 1.49 bits per heavy atom. The molecule has 2 amide bonds. The van der Waals surface area contributed by atoms with Crippen LogP contribution in [0.25, 0.3) is 0 Å². The van der Waals surface area contributed by atoms with Gasteiger partial charge in [-0.15, -0.1) is 0 Å². The Kier molecular flexibility index (Phi) is 8.58. The largest absolute Gasteiger partial charge is 0.487 e. The number of nitrogens with one attached hydrogen (secondary N) is 2. The second kappa shape index (κ2) is 12.0. The van der Waals surface area contributed by atoms with Crippen LogP contribution in [0.4, 0.5) is 14.5 Å². The van der Waals surface area contributed by atoms with Gasteiger partial charge in [-0.25, -0.2) is 4.39 Å². The number of hydrogen-bond donors (Lipinski definition) is 3. The zero-order valence-corrected chi connectivity index (χ0v) is 20.5. The molecule has 1 aliphatic carbocycles. The lowest BCUT2D eigenvalue weighted by atomic mass is 9.87. The van der Waals surface area contributed by atoms with Crippen LogP contribution in [0.15, 0.2) is 36.4 Å². The van der Waals surface area contributed by atoms with Crippen LogP contribution in [-0.2, 0) is 4.79 Å². The number of amides is 2. The van der Waals surface area contributed by atoms with Gasteiger partial charge in [0.15, 0.2) is 11.6 Å². The number of carboxylic acid groups (broad SMARTS) is 1. The average molecular weight is 516 g/mol. The first-order chi connectivity index (χ1) is 17.8. The quantitative estimate of drug-likeness (QED) is 0.439. The molecule has 37 heavy (non-hydrogen) atoms. The molecule has 3 N–H and O–H groups in total. The highest BCUT2D eigenvalue weighted by molar-refractivity contribution is 5.95. The molecule has 0 bridgehead atoms. The first kappa shape index (κ1) is 26.4. The molecule has 1 heterocycles. The van der Waals surface area contributed by atoms with Crippen molar-refractivity contribution in [2.45, 2.75) is 44.6 Å². The van der Waals surface area contributed by atoms with Gasteiger partial charge in [0.2, 0.25) is 5.82 Å². The lowest BCUT2D eigenvalue weighted by molar-refractivity contribution is -0.143. The Labute approximate surface area is 214 Å². The summed E-state index contributed by atoms with van der Waals surface area (Å²) >= 11 is 0. The van der Waals surface area contributed by atoms with Crippen LogP contribution in [0.3, 0.4) is 0 Å². The third kappa shape index (κ3) is 6.55. The van der Waals surface area contributed by atoms with E-state index in [9.17, 15) is 23.2 Å². The summed E-state index contributed by atoms with van der Waals surface area (Å²) in [5.74, 6) is -5.31. The molecule has 1 aliphatic heterocycles. The van der Waals surface area contributed by atoms with Crippen molar-refractivity contribution in [3.8, 4) is 5.75 Å². The minimum absolute atomic E-state index is 0.0303. The van der Waals surface area contributed by atoms with E-state index in [1.165, 1.54) is 18.9 Å². The summed E-state index contributed by atoms with van der Waals surface area (Å²) in [6, 6.07) is 9.67. The standard InChI is InChI=1S/C27H31F2N3O5/c28-23-21(11-12-22(24(23)29)37-20-9-5-18(6-10-20)27(35)36)26(34)31-14-13-30-25(33)17-3-7-19(8-4-17)32-15-1-2-16-32/h3-4,7-8,11-12,18,20H,1-2,5-6,9-10,13-16H2,(H,30,33)(H,31,34)(H,35,36)/t18-,20+. The van der Waals surface area contributed by atoms with E-state index in [1.54, 1.807) is 12.1 Å². The topological polar surface area (TPSA) is 108 Å². The summed E-state index contributed by atoms with van der Waals surface area (Å²) < 4.78 is 34.7. The number of nitrogens with zero attached hydrogens (tertiary/aromatic N) is 1. The van der Waals surface area contributed by atoms with Crippen molar-refractivity contribution in [3.63, 3.8) is 0 Å². The third-order valence-corrected chi connectivity index (χ3v) is 6.91. The van der Waals surface area contributed by atoms with Gasteiger partial charge in [0.05, 0.1) is 17.6 Å². The van der Waals surface area contributed by atoms with E-state index in [2.05, 4.69) is 15.5 Å². The molecule has 2 aliphatic rings. The summed E-state index contributed by atoms with van der Waals surface area (Å²) in [5, 5.41) is 14.2. The minimum Gasteiger partial charge on any atom is -0.487 e. The van der Waals surface area contributed by atoms with Crippen molar-refractivity contribution in [2.24, 2.45) is 5.92 Å². The number of halogens is 2. The Balaban J connectivity index is 1.23. The van der Waals surface area contributed by atoms with Crippen molar-refractivity contribution in [3.05, 3.63) is 59.2 Å². The number of carboxylic acids is 1. The zero-order chi connectivity index (χ0) is 26.4. The van der Waals surface area contributed by atoms with Gasteiger partial charge in [-0.1, -0.05) is 0 Å². The SMILES string of the molecule is O=C(NCCNC(=O)c1ccc(O[C@H]2CC[C@@H](C(=O)O)CC2)c(F)c1F)c1ccc(N2CCCC2)cc1. The highest BCUT2D eigenvalue weighted by Gasteiger charge is 2.28. The maximum absolute atomic E-state index is 14.6. The molecule has 8 nitrogen and oxygen atoms in total. The van der Waals surface area contributed by atoms with Crippen molar-refractivity contribution >= 4 is 23.5 Å². The van der Waals surface area contributed by atoms with Crippen LogP contribution in [0.5, 0.6) is 5.75 Å². The molecule has 2 aromatic carbocycles. The lowest BCUT2D eigenvalue weighted by Gasteiger charge is -2.27. The monoisotopic (exact) mass is 515 g/mol. The maximum atomic E-state index is 14.6. The van der Waals surface area contributed by atoms with Gasteiger partial charge < -0.3 is 25.4 Å². The Morgan fingerprint density at radius 3 is 2.11 bits per heavy atom. The zero-order valence-electron chi connectivity index (χ0n) is 20.5. The van der Waals surface area contributed by atoms with Crippen LogP contribution in [0.2, 0.25) is 0 Å². The van der Waals surface area contributed by atoms with Gasteiger partial charge in [-0.2, -0.15) is 4.39 Å². The van der Waals surface area contributed by atoms with Gasteiger partial charge in [0.1, 0.15) is 0 Å². The molecule has 1 saturated carbocycles. The molecular weight excluding hydrogens is 484 g/mol. The number of anilines is 1. The Hall–Kier alpha value is -3.69. The smallest absolute Gasteiger partial charge is 0.306 e. The number of ether oxygens (including phenoxy) is 1. The number of aliphatic carboxylic acids is 1. The van der Waals surface area contributed by atoms with Crippen molar-refractivity contribution in [1.82, 2.24) is 10.6 Å². The molecule has 0 spiro atoms. The molecule has 0 unspecified atom stereocenters. The van der Waals surface area contributed by atoms with Crippen LogP contribution in [0.1, 0.15) is 59.2 Å². The second-order valence-corrected chi connectivity index (χ2v) is 9.42. The number of carbonyl (C=O) groups excluding carboxylic acids is 2. The van der Waals surface area contributed by atoms with Gasteiger partial charge in [0.25, 0.3) is 11.8 Å². The number of benzene rings is 2. The highest BCUT2D eigenvalue weighted by atomic mass is 19.2. The Bertz CT molecular complexity index is 1130. The molecule has 2 fully saturated rings. The number of rotatable bonds is 9. The fourth-order valence-electron chi connectivity index (χ4n) is 4.75. The molecule has 198 valence electrons. The predicted molar refractivity (Wildman–Crippen MR) is 133 cm³/mol. The average Bonchev–Trinajstić information content (AvgIpc) is 3.45. The number of carbonyl (C=O) groups is 3. The van der Waals surface area contributed by atoms with Crippen LogP contribution in [-0.4, -0.2) is 55.2 Å². The first-order valence-electron chi connectivity index (χ1n) is 12.6. The maximum Gasteiger partial charge on any atom is 0.306 e. The van der Waals surface area contributed by atoms with E-state index in [4.69, 9.17) is 9.84 Å². The van der Waals surface area contributed by atoms with E-state index >= 15 is 0 Å². The van der Waals surface area contributed by atoms with Gasteiger partial charge >= 0.3 is 5.97 Å². The van der Waals surface area contributed by atoms with E-state index in [-0.39, 0.29) is 24.7 Å². The van der Waals surface area contributed by atoms with Gasteiger partial charge in [0, 0.05) is 37.4 Å². The van der Waals surface area contributed by atoms with E-state index < -0.39 is 41.1 Å².